The largest absolute Gasteiger partial charge is 0.230 e. The highest BCUT2D eigenvalue weighted by molar-refractivity contribution is 5.18. The summed E-state index contributed by atoms with van der Waals surface area (Å²) < 4.78 is 1.81. The first-order chi connectivity index (χ1) is 6.90. The van der Waals surface area contributed by atoms with E-state index in [1.807, 2.05) is 29.8 Å². The third-order valence-electron chi connectivity index (χ3n) is 2.11. The molecule has 0 atom stereocenters. The second-order valence-corrected chi connectivity index (χ2v) is 3.07. The monoisotopic (exact) mass is 188 g/mol. The van der Waals surface area contributed by atoms with Gasteiger partial charge < -0.3 is 0 Å². The molecule has 1 aromatic heterocycles. The van der Waals surface area contributed by atoms with E-state index in [0.29, 0.717) is 0 Å². The van der Waals surface area contributed by atoms with E-state index in [1.54, 1.807) is 0 Å². The summed E-state index contributed by atoms with van der Waals surface area (Å²) >= 11 is 0. The molecule has 0 aliphatic rings. The number of hydrogen-bond acceptors (Lipinski definition) is 3. The molecule has 72 valence electrons. The number of aromatic nitrogens is 4. The standard InChI is InChI=1S/C10H12N4/c1-2-14-10(11-12-13-14)8-9-6-4-3-5-7-9/h3-7H,2,8H2,1H3. The summed E-state index contributed by atoms with van der Waals surface area (Å²) in [6.07, 6.45) is 0.793. The van der Waals surface area contributed by atoms with Crippen molar-refractivity contribution < 1.29 is 0 Å². The van der Waals surface area contributed by atoms with Gasteiger partial charge >= 0.3 is 0 Å². The Bertz CT molecular complexity index is 394. The van der Waals surface area contributed by atoms with Crippen LogP contribution in [0.4, 0.5) is 0 Å². The summed E-state index contributed by atoms with van der Waals surface area (Å²) in [7, 11) is 0. The van der Waals surface area contributed by atoms with Crippen LogP contribution in [0.1, 0.15) is 18.3 Å². The molecule has 0 fully saturated rings. The molecular formula is C10H12N4. The molecule has 0 amide bonds. The van der Waals surface area contributed by atoms with Crippen LogP contribution >= 0.6 is 0 Å². The fourth-order valence-electron chi connectivity index (χ4n) is 1.37. The smallest absolute Gasteiger partial charge is 0.155 e. The molecule has 0 aliphatic heterocycles. The summed E-state index contributed by atoms with van der Waals surface area (Å²) in [5.41, 5.74) is 1.23. The van der Waals surface area contributed by atoms with E-state index in [1.165, 1.54) is 5.56 Å². The maximum Gasteiger partial charge on any atom is 0.155 e. The predicted molar refractivity (Wildman–Crippen MR) is 52.7 cm³/mol. The molecule has 0 saturated heterocycles. The van der Waals surface area contributed by atoms with E-state index in [-0.39, 0.29) is 0 Å². The van der Waals surface area contributed by atoms with Gasteiger partial charge in [-0.05, 0) is 22.9 Å². The Morgan fingerprint density at radius 2 is 2.00 bits per heavy atom. The Balaban J connectivity index is 2.19. The number of nitrogens with zero attached hydrogens (tertiary/aromatic N) is 4. The lowest BCUT2D eigenvalue weighted by molar-refractivity contribution is 0.603. The number of hydrogen-bond donors (Lipinski definition) is 0. The minimum atomic E-state index is 0.793. The fourth-order valence-corrected chi connectivity index (χ4v) is 1.37. The first-order valence-electron chi connectivity index (χ1n) is 4.69. The summed E-state index contributed by atoms with van der Waals surface area (Å²) in [5, 5.41) is 11.5. The van der Waals surface area contributed by atoms with Crippen LogP contribution in [-0.2, 0) is 13.0 Å². The second kappa shape index (κ2) is 4.00. The molecule has 0 aliphatic carbocycles. The van der Waals surface area contributed by atoms with Gasteiger partial charge in [-0.3, -0.25) is 0 Å². The van der Waals surface area contributed by atoms with Crippen molar-refractivity contribution in [3.8, 4) is 0 Å². The molecule has 1 heterocycles. The van der Waals surface area contributed by atoms with Gasteiger partial charge in [0.2, 0.25) is 0 Å². The molecule has 0 N–H and O–H groups in total. The van der Waals surface area contributed by atoms with E-state index in [2.05, 4.69) is 27.7 Å². The minimum absolute atomic E-state index is 0.793. The summed E-state index contributed by atoms with van der Waals surface area (Å²) in [6, 6.07) is 10.2. The average molecular weight is 188 g/mol. The topological polar surface area (TPSA) is 43.6 Å². The highest BCUT2D eigenvalue weighted by atomic mass is 15.5. The van der Waals surface area contributed by atoms with Crippen molar-refractivity contribution in [2.75, 3.05) is 0 Å². The zero-order valence-electron chi connectivity index (χ0n) is 8.09. The quantitative estimate of drug-likeness (QED) is 0.728. The van der Waals surface area contributed by atoms with E-state index in [4.69, 9.17) is 0 Å². The molecule has 2 aromatic rings. The lowest BCUT2D eigenvalue weighted by atomic mass is 10.1. The molecular weight excluding hydrogens is 176 g/mol. The fraction of sp³-hybridized carbons (Fsp3) is 0.300. The molecule has 0 radical (unpaired) electrons. The summed E-state index contributed by atoms with van der Waals surface area (Å²) in [6.45, 7) is 2.85. The zero-order valence-corrected chi connectivity index (χ0v) is 8.09. The lowest BCUT2D eigenvalue weighted by Gasteiger charge is -2.00. The van der Waals surface area contributed by atoms with Crippen LogP contribution in [0.5, 0.6) is 0 Å². The lowest BCUT2D eigenvalue weighted by Crippen LogP contribution is -2.04. The Kier molecular flexibility index (Phi) is 2.53. The van der Waals surface area contributed by atoms with Crippen molar-refractivity contribution in [3.63, 3.8) is 0 Å². The van der Waals surface area contributed by atoms with Gasteiger partial charge in [0, 0.05) is 13.0 Å². The van der Waals surface area contributed by atoms with Gasteiger partial charge in [0.1, 0.15) is 0 Å². The van der Waals surface area contributed by atoms with E-state index in [9.17, 15) is 0 Å². The predicted octanol–water partition coefficient (Wildman–Crippen LogP) is 1.28. The first-order valence-corrected chi connectivity index (χ1v) is 4.69. The molecule has 1 aromatic carbocycles. The third kappa shape index (κ3) is 1.79. The van der Waals surface area contributed by atoms with Gasteiger partial charge in [-0.1, -0.05) is 30.3 Å². The van der Waals surface area contributed by atoms with Crippen LogP contribution in [0, 0.1) is 0 Å². The average Bonchev–Trinajstić information content (AvgIpc) is 2.67. The molecule has 4 heteroatoms. The first kappa shape index (κ1) is 8.87. The van der Waals surface area contributed by atoms with Gasteiger partial charge in [-0.25, -0.2) is 4.68 Å². The molecule has 2 rings (SSSR count). The second-order valence-electron chi connectivity index (χ2n) is 3.07. The van der Waals surface area contributed by atoms with E-state index >= 15 is 0 Å². The maximum absolute atomic E-state index is 3.98. The van der Waals surface area contributed by atoms with Crippen molar-refractivity contribution in [1.29, 1.82) is 0 Å². The molecule has 14 heavy (non-hydrogen) atoms. The number of aryl methyl sites for hydroxylation is 1. The van der Waals surface area contributed by atoms with E-state index < -0.39 is 0 Å². The highest BCUT2D eigenvalue weighted by Gasteiger charge is 2.04. The van der Waals surface area contributed by atoms with E-state index in [0.717, 1.165) is 18.8 Å². The molecule has 0 unspecified atom stereocenters. The third-order valence-corrected chi connectivity index (χ3v) is 2.11. The van der Waals surface area contributed by atoms with Crippen LogP contribution in [-0.4, -0.2) is 20.2 Å². The highest BCUT2D eigenvalue weighted by Crippen LogP contribution is 2.05. The molecule has 0 saturated carbocycles. The van der Waals surface area contributed by atoms with Crippen LogP contribution in [0.3, 0.4) is 0 Å². The molecule has 0 spiro atoms. The summed E-state index contributed by atoms with van der Waals surface area (Å²) in [4.78, 5) is 0. The Labute approximate surface area is 82.6 Å². The van der Waals surface area contributed by atoms with Gasteiger partial charge in [0.15, 0.2) is 5.82 Å². The van der Waals surface area contributed by atoms with Crippen molar-refractivity contribution in [3.05, 3.63) is 41.7 Å². The van der Waals surface area contributed by atoms with Crippen molar-refractivity contribution in [2.24, 2.45) is 0 Å². The van der Waals surface area contributed by atoms with Crippen molar-refractivity contribution in [1.82, 2.24) is 20.2 Å². The number of benzene rings is 1. The SMILES string of the molecule is CCn1nnnc1Cc1ccccc1. The Hall–Kier alpha value is -1.71. The van der Waals surface area contributed by atoms with Crippen LogP contribution in [0.25, 0.3) is 0 Å². The molecule has 0 bridgehead atoms. The van der Waals surface area contributed by atoms with Crippen molar-refractivity contribution >= 4 is 0 Å². The molecule has 4 nitrogen and oxygen atoms in total. The normalized spacial score (nSPS) is 10.4. The zero-order chi connectivity index (χ0) is 9.80. The Morgan fingerprint density at radius 3 is 2.71 bits per heavy atom. The number of tetrazole rings is 1. The van der Waals surface area contributed by atoms with Crippen LogP contribution in [0.2, 0.25) is 0 Å². The van der Waals surface area contributed by atoms with Crippen molar-refractivity contribution in [2.45, 2.75) is 19.9 Å². The van der Waals surface area contributed by atoms with Gasteiger partial charge in [-0.15, -0.1) is 5.10 Å². The van der Waals surface area contributed by atoms with Crippen LogP contribution in [0.15, 0.2) is 30.3 Å². The summed E-state index contributed by atoms with van der Waals surface area (Å²) in [5.74, 6) is 0.915. The number of rotatable bonds is 3. The minimum Gasteiger partial charge on any atom is -0.230 e. The van der Waals surface area contributed by atoms with Crippen LogP contribution < -0.4 is 0 Å². The van der Waals surface area contributed by atoms with Gasteiger partial charge in [-0.2, -0.15) is 0 Å². The maximum atomic E-state index is 3.98. The van der Waals surface area contributed by atoms with Gasteiger partial charge in [0.25, 0.3) is 0 Å². The van der Waals surface area contributed by atoms with Gasteiger partial charge in [0.05, 0.1) is 0 Å². The Morgan fingerprint density at radius 1 is 1.21 bits per heavy atom.